The molecule has 0 aliphatic heterocycles. The molecule has 0 fully saturated rings. The molecule has 0 aliphatic rings. The number of nitrogens with zero attached hydrogens (tertiary/aromatic N) is 2. The van der Waals surface area contributed by atoms with E-state index < -0.39 is 0 Å². The Balaban J connectivity index is 1.76. The van der Waals surface area contributed by atoms with Gasteiger partial charge >= 0.3 is 5.97 Å². The first-order valence-corrected chi connectivity index (χ1v) is 9.09. The number of aromatic nitrogens is 2. The maximum absolute atomic E-state index is 11.7. The first-order chi connectivity index (χ1) is 12.6. The lowest BCUT2D eigenvalue weighted by molar-refractivity contribution is -0.142. The molecule has 0 aliphatic carbocycles. The smallest absolute Gasteiger partial charge is 0.311 e. The summed E-state index contributed by atoms with van der Waals surface area (Å²) in [5, 5.41) is 1.44. The van der Waals surface area contributed by atoms with Gasteiger partial charge in [-0.2, -0.15) is 0 Å². The van der Waals surface area contributed by atoms with Crippen molar-refractivity contribution < 1.29 is 18.7 Å². The number of hydrogen-bond acceptors (Lipinski definition) is 6. The van der Waals surface area contributed by atoms with Gasteiger partial charge in [0.2, 0.25) is 0 Å². The molecule has 4 aromatic rings. The van der Waals surface area contributed by atoms with E-state index in [1.807, 2.05) is 0 Å². The minimum Gasteiger partial charge on any atom is -0.466 e. The molecule has 0 spiro atoms. The van der Waals surface area contributed by atoms with E-state index in [-0.39, 0.29) is 12.4 Å². The predicted molar refractivity (Wildman–Crippen MR) is 99.0 cm³/mol. The van der Waals surface area contributed by atoms with E-state index in [9.17, 15) is 9.59 Å². The van der Waals surface area contributed by atoms with Gasteiger partial charge in [-0.15, -0.1) is 11.3 Å². The molecule has 4 rings (SSSR count). The molecule has 8 heteroatoms. The fraction of sp³-hybridized carbons (Fsp3) is 0.167. The molecular formula is C18H13ClN2O4S. The zero-order valence-corrected chi connectivity index (χ0v) is 15.3. The molecule has 0 N–H and O–H groups in total. The zero-order chi connectivity index (χ0) is 18.3. The van der Waals surface area contributed by atoms with Gasteiger partial charge in [0.1, 0.15) is 17.0 Å². The van der Waals surface area contributed by atoms with E-state index in [1.165, 1.54) is 11.3 Å². The molecule has 26 heavy (non-hydrogen) atoms. The molecule has 0 unspecified atom stereocenters. The van der Waals surface area contributed by atoms with Gasteiger partial charge in [-0.1, -0.05) is 11.6 Å². The fourth-order valence-electron chi connectivity index (χ4n) is 2.77. The van der Waals surface area contributed by atoms with Gasteiger partial charge < -0.3 is 9.15 Å². The molecule has 0 saturated carbocycles. The molecule has 0 atom stereocenters. The SMILES string of the molecule is CCOC(=O)Cc1cn2c(C=O)c(-c3cc4cc(Cl)ccc4o3)nc2s1. The Morgan fingerprint density at radius 2 is 2.27 bits per heavy atom. The number of carbonyl (C=O) groups excluding carboxylic acids is 2. The number of imidazole rings is 1. The molecule has 132 valence electrons. The Bertz CT molecular complexity index is 1140. The highest BCUT2D eigenvalue weighted by Gasteiger charge is 2.20. The van der Waals surface area contributed by atoms with Crippen molar-refractivity contribution in [3.63, 3.8) is 0 Å². The van der Waals surface area contributed by atoms with Crippen LogP contribution in [-0.2, 0) is 16.0 Å². The number of hydrogen-bond donors (Lipinski definition) is 0. The first-order valence-electron chi connectivity index (χ1n) is 7.90. The third-order valence-electron chi connectivity index (χ3n) is 3.86. The van der Waals surface area contributed by atoms with Crippen LogP contribution < -0.4 is 0 Å². The first kappa shape index (κ1) is 16.8. The Morgan fingerprint density at radius 3 is 3.04 bits per heavy atom. The highest BCUT2D eigenvalue weighted by Crippen LogP contribution is 2.32. The topological polar surface area (TPSA) is 73.8 Å². The van der Waals surface area contributed by atoms with Crippen molar-refractivity contribution in [1.82, 2.24) is 9.38 Å². The van der Waals surface area contributed by atoms with Crippen molar-refractivity contribution in [3.8, 4) is 11.5 Å². The van der Waals surface area contributed by atoms with Gasteiger partial charge in [-0.3, -0.25) is 14.0 Å². The van der Waals surface area contributed by atoms with Crippen molar-refractivity contribution >= 4 is 51.1 Å². The average molecular weight is 389 g/mol. The Morgan fingerprint density at radius 1 is 1.42 bits per heavy atom. The lowest BCUT2D eigenvalue weighted by Gasteiger charge is -1.98. The van der Waals surface area contributed by atoms with E-state index in [0.29, 0.717) is 39.3 Å². The number of carbonyl (C=O) groups is 2. The second kappa shape index (κ2) is 6.59. The molecule has 3 aromatic heterocycles. The third kappa shape index (κ3) is 2.89. The molecule has 0 saturated heterocycles. The number of benzene rings is 1. The average Bonchev–Trinajstić information content (AvgIpc) is 3.25. The zero-order valence-electron chi connectivity index (χ0n) is 13.7. The predicted octanol–water partition coefficient (Wildman–Crippen LogP) is 4.38. The van der Waals surface area contributed by atoms with E-state index in [2.05, 4.69) is 4.98 Å². The Hall–Kier alpha value is -2.64. The summed E-state index contributed by atoms with van der Waals surface area (Å²) in [6.07, 6.45) is 2.62. The summed E-state index contributed by atoms with van der Waals surface area (Å²) >= 11 is 7.34. The number of halogens is 1. The number of thiazole rings is 1. The van der Waals surface area contributed by atoms with Crippen LogP contribution in [0, 0.1) is 0 Å². The molecule has 6 nitrogen and oxygen atoms in total. The molecule has 3 heterocycles. The van der Waals surface area contributed by atoms with Crippen LogP contribution in [-0.4, -0.2) is 28.2 Å². The van der Waals surface area contributed by atoms with E-state index in [4.69, 9.17) is 20.8 Å². The van der Waals surface area contributed by atoms with Crippen molar-refractivity contribution in [1.29, 1.82) is 0 Å². The van der Waals surface area contributed by atoms with Crippen LogP contribution in [0.25, 0.3) is 27.4 Å². The van der Waals surface area contributed by atoms with Crippen molar-refractivity contribution in [2.24, 2.45) is 0 Å². The van der Waals surface area contributed by atoms with Crippen LogP contribution in [0.2, 0.25) is 5.02 Å². The number of fused-ring (bicyclic) bond motifs is 2. The minimum absolute atomic E-state index is 0.151. The Labute approximate surface area is 157 Å². The maximum atomic E-state index is 11.7. The summed E-state index contributed by atoms with van der Waals surface area (Å²) in [6.45, 7) is 2.09. The van der Waals surface area contributed by atoms with E-state index in [1.54, 1.807) is 41.8 Å². The summed E-state index contributed by atoms with van der Waals surface area (Å²) in [4.78, 5) is 29.2. The normalized spacial score (nSPS) is 11.3. The van der Waals surface area contributed by atoms with Crippen molar-refractivity contribution in [3.05, 3.63) is 46.1 Å². The van der Waals surface area contributed by atoms with E-state index >= 15 is 0 Å². The van der Waals surface area contributed by atoms with Gasteiger partial charge in [0.15, 0.2) is 17.0 Å². The van der Waals surface area contributed by atoms with Gasteiger partial charge in [-0.25, -0.2) is 4.98 Å². The van der Waals surface area contributed by atoms with Crippen LogP contribution in [0.3, 0.4) is 0 Å². The molecule has 0 bridgehead atoms. The van der Waals surface area contributed by atoms with Crippen LogP contribution in [0.5, 0.6) is 0 Å². The van der Waals surface area contributed by atoms with Gasteiger partial charge in [0, 0.05) is 21.5 Å². The number of rotatable bonds is 5. The second-order valence-corrected chi connectivity index (χ2v) is 7.12. The van der Waals surface area contributed by atoms with Crippen LogP contribution >= 0.6 is 22.9 Å². The molecular weight excluding hydrogens is 376 g/mol. The van der Waals surface area contributed by atoms with Crippen molar-refractivity contribution in [2.45, 2.75) is 13.3 Å². The monoisotopic (exact) mass is 388 g/mol. The minimum atomic E-state index is -0.306. The highest BCUT2D eigenvalue weighted by molar-refractivity contribution is 7.17. The Kier molecular flexibility index (Phi) is 4.26. The number of furan rings is 1. The summed E-state index contributed by atoms with van der Waals surface area (Å²) in [5.41, 5.74) is 1.50. The van der Waals surface area contributed by atoms with Gasteiger partial charge in [0.05, 0.1) is 13.0 Å². The summed E-state index contributed by atoms with van der Waals surface area (Å²) in [5.74, 6) is 0.186. The van der Waals surface area contributed by atoms with Crippen LogP contribution in [0.4, 0.5) is 0 Å². The molecule has 0 radical (unpaired) electrons. The van der Waals surface area contributed by atoms with Gasteiger partial charge in [-0.05, 0) is 31.2 Å². The standard InChI is InChI=1S/C18H13ClN2O4S/c1-2-24-16(23)7-12-8-21-13(9-22)17(20-18(21)26-12)15-6-10-5-11(19)3-4-14(10)25-15/h3-6,8-9H,2,7H2,1H3. The molecule has 0 amide bonds. The van der Waals surface area contributed by atoms with Crippen LogP contribution in [0.1, 0.15) is 22.3 Å². The lowest BCUT2D eigenvalue weighted by atomic mass is 10.2. The largest absolute Gasteiger partial charge is 0.466 e. The third-order valence-corrected chi connectivity index (χ3v) is 5.08. The van der Waals surface area contributed by atoms with Gasteiger partial charge in [0.25, 0.3) is 0 Å². The maximum Gasteiger partial charge on any atom is 0.311 e. The highest BCUT2D eigenvalue weighted by atomic mass is 35.5. The van der Waals surface area contributed by atoms with E-state index in [0.717, 1.165) is 16.5 Å². The summed E-state index contributed by atoms with van der Waals surface area (Å²) in [6, 6.07) is 7.11. The number of esters is 1. The molecule has 1 aromatic carbocycles. The second-order valence-electron chi connectivity index (χ2n) is 5.59. The summed E-state index contributed by atoms with van der Waals surface area (Å²) < 4.78 is 12.4. The quantitative estimate of drug-likeness (QED) is 0.374. The summed E-state index contributed by atoms with van der Waals surface area (Å²) in [7, 11) is 0. The lowest BCUT2D eigenvalue weighted by Crippen LogP contribution is -2.06. The number of aldehydes is 1. The van der Waals surface area contributed by atoms with Crippen molar-refractivity contribution in [2.75, 3.05) is 6.61 Å². The number of ether oxygens (including phenoxy) is 1. The fourth-order valence-corrected chi connectivity index (χ4v) is 3.92. The van der Waals surface area contributed by atoms with Crippen LogP contribution in [0.15, 0.2) is 34.9 Å².